The van der Waals surface area contributed by atoms with Gasteiger partial charge in [0, 0.05) is 18.8 Å². The van der Waals surface area contributed by atoms with Crippen molar-refractivity contribution >= 4 is 17.4 Å². The molecule has 1 N–H and O–H groups in total. The lowest BCUT2D eigenvalue weighted by Gasteiger charge is -2.29. The summed E-state index contributed by atoms with van der Waals surface area (Å²) in [6.07, 6.45) is 2.16. The van der Waals surface area contributed by atoms with Gasteiger partial charge < -0.3 is 10.2 Å². The highest BCUT2D eigenvalue weighted by Crippen LogP contribution is 2.31. The number of aromatic nitrogens is 2. The van der Waals surface area contributed by atoms with Gasteiger partial charge in [-0.3, -0.25) is 4.79 Å². The van der Waals surface area contributed by atoms with E-state index in [1.54, 1.807) is 6.07 Å². The van der Waals surface area contributed by atoms with Crippen molar-refractivity contribution in [2.45, 2.75) is 26.3 Å². The minimum absolute atomic E-state index is 0.214. The molecule has 3 aromatic rings. The highest BCUT2D eigenvalue weighted by atomic mass is 16.1. The van der Waals surface area contributed by atoms with Crippen LogP contribution in [0, 0.1) is 6.92 Å². The standard InChI is InChI=1S/C22H22N4O/c1-16-8-10-17(11-9-16)15-23-22(27)19-12-13-21(25-24-19)26-14-4-6-18-5-2-3-7-20(18)26/h2-3,5,7-13H,4,6,14-15H2,1H3,(H,23,27). The average Bonchev–Trinajstić information content (AvgIpc) is 2.73. The van der Waals surface area contributed by atoms with Crippen LogP contribution in [0.4, 0.5) is 11.5 Å². The summed E-state index contributed by atoms with van der Waals surface area (Å²) >= 11 is 0. The van der Waals surface area contributed by atoms with E-state index in [0.29, 0.717) is 12.2 Å². The normalized spacial score (nSPS) is 13.1. The van der Waals surface area contributed by atoms with E-state index in [1.165, 1.54) is 16.8 Å². The quantitative estimate of drug-likeness (QED) is 0.771. The molecule has 0 saturated heterocycles. The molecule has 0 atom stereocenters. The van der Waals surface area contributed by atoms with Crippen molar-refractivity contribution in [3.05, 3.63) is 83.0 Å². The minimum Gasteiger partial charge on any atom is -0.347 e. The number of para-hydroxylation sites is 1. The average molecular weight is 358 g/mol. The second-order valence-electron chi connectivity index (χ2n) is 6.83. The van der Waals surface area contributed by atoms with Gasteiger partial charge in [0.2, 0.25) is 0 Å². The van der Waals surface area contributed by atoms with E-state index < -0.39 is 0 Å². The molecule has 1 aliphatic heterocycles. The Morgan fingerprint density at radius 2 is 1.85 bits per heavy atom. The molecule has 5 heteroatoms. The number of anilines is 2. The molecular weight excluding hydrogens is 336 g/mol. The SMILES string of the molecule is Cc1ccc(CNC(=O)c2ccc(N3CCCc4ccccc43)nn2)cc1. The van der Waals surface area contributed by atoms with Crippen LogP contribution in [0.25, 0.3) is 0 Å². The van der Waals surface area contributed by atoms with Gasteiger partial charge in [0.15, 0.2) is 11.5 Å². The minimum atomic E-state index is -0.214. The van der Waals surface area contributed by atoms with Gasteiger partial charge in [-0.05, 0) is 49.1 Å². The molecule has 2 heterocycles. The van der Waals surface area contributed by atoms with Gasteiger partial charge in [-0.25, -0.2) is 0 Å². The van der Waals surface area contributed by atoms with E-state index in [-0.39, 0.29) is 5.91 Å². The van der Waals surface area contributed by atoms with Crippen molar-refractivity contribution < 1.29 is 4.79 Å². The molecule has 0 bridgehead atoms. The highest BCUT2D eigenvalue weighted by Gasteiger charge is 2.19. The fourth-order valence-corrected chi connectivity index (χ4v) is 3.34. The van der Waals surface area contributed by atoms with Gasteiger partial charge in [0.25, 0.3) is 5.91 Å². The third-order valence-corrected chi connectivity index (χ3v) is 4.84. The molecule has 27 heavy (non-hydrogen) atoms. The first kappa shape index (κ1) is 17.2. The summed E-state index contributed by atoms with van der Waals surface area (Å²) in [5.74, 6) is 0.561. The summed E-state index contributed by atoms with van der Waals surface area (Å²) < 4.78 is 0. The monoisotopic (exact) mass is 358 g/mol. The van der Waals surface area contributed by atoms with Gasteiger partial charge in [-0.1, -0.05) is 48.0 Å². The zero-order chi connectivity index (χ0) is 18.6. The Kier molecular flexibility index (Phi) is 4.83. The molecule has 2 aromatic carbocycles. The number of nitrogens with zero attached hydrogens (tertiary/aromatic N) is 3. The molecule has 5 nitrogen and oxygen atoms in total. The first-order valence-electron chi connectivity index (χ1n) is 9.23. The fourth-order valence-electron chi connectivity index (χ4n) is 3.34. The number of benzene rings is 2. The van der Waals surface area contributed by atoms with E-state index in [0.717, 1.165) is 30.8 Å². The van der Waals surface area contributed by atoms with Crippen molar-refractivity contribution in [2.24, 2.45) is 0 Å². The maximum atomic E-state index is 12.3. The smallest absolute Gasteiger partial charge is 0.272 e. The zero-order valence-electron chi connectivity index (χ0n) is 15.4. The van der Waals surface area contributed by atoms with Crippen LogP contribution in [0.1, 0.15) is 33.6 Å². The fraction of sp³-hybridized carbons (Fsp3) is 0.227. The largest absolute Gasteiger partial charge is 0.347 e. The van der Waals surface area contributed by atoms with Crippen LogP contribution in [0.2, 0.25) is 0 Å². The summed E-state index contributed by atoms with van der Waals surface area (Å²) in [6.45, 7) is 3.42. The first-order chi connectivity index (χ1) is 13.2. The Labute approximate surface area is 159 Å². The number of amides is 1. The third kappa shape index (κ3) is 3.82. The molecule has 0 radical (unpaired) electrons. The summed E-state index contributed by atoms with van der Waals surface area (Å²) in [5.41, 5.74) is 5.09. The van der Waals surface area contributed by atoms with Crippen molar-refractivity contribution in [2.75, 3.05) is 11.4 Å². The predicted octanol–water partition coefficient (Wildman–Crippen LogP) is 3.80. The molecule has 4 rings (SSSR count). The van der Waals surface area contributed by atoms with Gasteiger partial charge in [0.05, 0.1) is 0 Å². The summed E-state index contributed by atoms with van der Waals surface area (Å²) in [7, 11) is 0. The van der Waals surface area contributed by atoms with E-state index in [9.17, 15) is 4.79 Å². The summed E-state index contributed by atoms with van der Waals surface area (Å²) in [5, 5.41) is 11.3. The van der Waals surface area contributed by atoms with Crippen molar-refractivity contribution in [3.8, 4) is 0 Å². The summed E-state index contributed by atoms with van der Waals surface area (Å²) in [4.78, 5) is 14.5. The molecular formula is C22H22N4O. The van der Waals surface area contributed by atoms with Crippen molar-refractivity contribution in [3.63, 3.8) is 0 Å². The van der Waals surface area contributed by atoms with Gasteiger partial charge in [-0.15, -0.1) is 10.2 Å². The van der Waals surface area contributed by atoms with E-state index in [1.807, 2.05) is 43.3 Å². The topological polar surface area (TPSA) is 58.1 Å². The van der Waals surface area contributed by atoms with Crippen LogP contribution in [-0.4, -0.2) is 22.6 Å². The number of carbonyl (C=O) groups excluding carboxylic acids is 1. The first-order valence-corrected chi connectivity index (χ1v) is 9.23. The lowest BCUT2D eigenvalue weighted by atomic mass is 10.0. The number of aryl methyl sites for hydroxylation is 2. The van der Waals surface area contributed by atoms with E-state index in [4.69, 9.17) is 0 Å². The maximum absolute atomic E-state index is 12.3. The van der Waals surface area contributed by atoms with Crippen LogP contribution in [0.3, 0.4) is 0 Å². The molecule has 0 fully saturated rings. The number of rotatable bonds is 4. The van der Waals surface area contributed by atoms with Gasteiger partial charge in [0.1, 0.15) is 0 Å². The van der Waals surface area contributed by atoms with Crippen molar-refractivity contribution in [1.29, 1.82) is 0 Å². The van der Waals surface area contributed by atoms with Gasteiger partial charge in [-0.2, -0.15) is 0 Å². The number of hydrogen-bond donors (Lipinski definition) is 1. The Bertz CT molecular complexity index is 935. The van der Waals surface area contributed by atoms with Crippen LogP contribution >= 0.6 is 0 Å². The lowest BCUT2D eigenvalue weighted by molar-refractivity contribution is 0.0945. The van der Waals surface area contributed by atoms with Gasteiger partial charge >= 0.3 is 0 Å². The van der Waals surface area contributed by atoms with Crippen LogP contribution in [0.5, 0.6) is 0 Å². The second-order valence-corrected chi connectivity index (χ2v) is 6.83. The Hall–Kier alpha value is -3.21. The predicted molar refractivity (Wildman–Crippen MR) is 106 cm³/mol. The molecule has 1 aliphatic rings. The number of nitrogens with one attached hydrogen (secondary N) is 1. The van der Waals surface area contributed by atoms with Crippen LogP contribution in [0.15, 0.2) is 60.7 Å². The molecule has 0 spiro atoms. The van der Waals surface area contributed by atoms with Crippen molar-refractivity contribution in [1.82, 2.24) is 15.5 Å². The molecule has 136 valence electrons. The summed E-state index contributed by atoms with van der Waals surface area (Å²) in [6, 6.07) is 20.1. The number of fused-ring (bicyclic) bond motifs is 1. The lowest BCUT2D eigenvalue weighted by Crippen LogP contribution is -2.27. The van der Waals surface area contributed by atoms with E-state index in [2.05, 4.69) is 38.6 Å². The van der Waals surface area contributed by atoms with Crippen LogP contribution < -0.4 is 10.2 Å². The maximum Gasteiger partial charge on any atom is 0.272 e. The molecule has 0 aliphatic carbocycles. The number of hydrogen-bond acceptors (Lipinski definition) is 4. The Morgan fingerprint density at radius 3 is 2.63 bits per heavy atom. The number of carbonyl (C=O) groups is 1. The van der Waals surface area contributed by atoms with E-state index >= 15 is 0 Å². The Balaban J connectivity index is 1.44. The second kappa shape index (κ2) is 7.58. The molecule has 1 aromatic heterocycles. The molecule has 0 saturated carbocycles. The third-order valence-electron chi connectivity index (χ3n) is 4.84. The molecule has 1 amide bonds. The highest BCUT2D eigenvalue weighted by molar-refractivity contribution is 5.92. The molecule has 0 unspecified atom stereocenters. The zero-order valence-corrected chi connectivity index (χ0v) is 15.4. The Morgan fingerprint density at radius 1 is 1.04 bits per heavy atom. The van der Waals surface area contributed by atoms with Crippen LogP contribution in [-0.2, 0) is 13.0 Å².